The topological polar surface area (TPSA) is 32.8 Å². The van der Waals surface area contributed by atoms with Gasteiger partial charge >= 0.3 is 0 Å². The van der Waals surface area contributed by atoms with E-state index in [4.69, 9.17) is 4.74 Å². The molecular formula is C22H24F2N2O2. The maximum absolute atomic E-state index is 14.0. The number of likely N-dealkylation sites (tertiary alicyclic amines) is 1. The first-order chi connectivity index (χ1) is 13.5. The second-order valence-electron chi connectivity index (χ2n) is 7.76. The van der Waals surface area contributed by atoms with Crippen molar-refractivity contribution in [3.05, 3.63) is 65.2 Å². The van der Waals surface area contributed by atoms with Crippen LogP contribution >= 0.6 is 0 Å². The van der Waals surface area contributed by atoms with Crippen molar-refractivity contribution in [1.29, 1.82) is 0 Å². The number of piperidine rings is 1. The zero-order valence-electron chi connectivity index (χ0n) is 16.0. The summed E-state index contributed by atoms with van der Waals surface area (Å²) in [5.41, 5.74) is 2.43. The van der Waals surface area contributed by atoms with Gasteiger partial charge in [-0.15, -0.1) is 0 Å². The number of benzene rings is 2. The summed E-state index contributed by atoms with van der Waals surface area (Å²) in [4.78, 5) is 16.5. The Hall–Kier alpha value is -2.31. The van der Waals surface area contributed by atoms with Crippen LogP contribution in [-0.4, -0.2) is 44.2 Å². The number of fused-ring (bicyclic) bond motifs is 2. The molecule has 0 atom stereocenters. The van der Waals surface area contributed by atoms with Gasteiger partial charge in [0, 0.05) is 31.3 Å². The number of anilines is 1. The standard InChI is InChI=1S/C22H24F2N2O2/c1-28-14-21(27)26-15-22(19-12-18(24)5-6-20(19)26)7-9-25(10-8-22)13-16-3-2-4-17(23)11-16/h2-6,11-12H,7-10,13-15H2,1H3. The number of rotatable bonds is 4. The summed E-state index contributed by atoms with van der Waals surface area (Å²) < 4.78 is 32.5. The molecule has 0 bridgehead atoms. The summed E-state index contributed by atoms with van der Waals surface area (Å²) in [5.74, 6) is -0.603. The molecule has 0 unspecified atom stereocenters. The van der Waals surface area contributed by atoms with Crippen molar-refractivity contribution in [2.75, 3.05) is 38.3 Å². The number of ether oxygens (including phenoxy) is 1. The summed E-state index contributed by atoms with van der Waals surface area (Å²) in [6, 6.07) is 11.4. The molecule has 1 amide bonds. The van der Waals surface area contributed by atoms with Crippen LogP contribution in [0.1, 0.15) is 24.0 Å². The number of halogens is 2. The molecule has 0 aromatic heterocycles. The molecule has 1 saturated heterocycles. The van der Waals surface area contributed by atoms with E-state index in [0.717, 1.165) is 42.7 Å². The van der Waals surface area contributed by atoms with Crippen molar-refractivity contribution in [2.24, 2.45) is 0 Å². The second kappa shape index (κ2) is 7.60. The van der Waals surface area contributed by atoms with Crippen LogP contribution in [0.5, 0.6) is 0 Å². The third-order valence-corrected chi connectivity index (χ3v) is 5.96. The zero-order chi connectivity index (χ0) is 19.7. The Balaban J connectivity index is 1.53. The SMILES string of the molecule is COCC(=O)N1CC2(CCN(Cc3cccc(F)c3)CC2)c2cc(F)ccc21. The first kappa shape index (κ1) is 19.0. The van der Waals surface area contributed by atoms with Gasteiger partial charge < -0.3 is 9.64 Å². The fourth-order valence-corrected chi connectivity index (χ4v) is 4.53. The second-order valence-corrected chi connectivity index (χ2v) is 7.76. The normalized spacial score (nSPS) is 18.5. The molecule has 2 aromatic carbocycles. The minimum absolute atomic E-state index is 0.0125. The van der Waals surface area contributed by atoms with Gasteiger partial charge in [-0.05, 0) is 67.4 Å². The lowest BCUT2D eigenvalue weighted by molar-refractivity contribution is -0.122. The minimum Gasteiger partial charge on any atom is -0.375 e. The molecule has 0 aliphatic carbocycles. The van der Waals surface area contributed by atoms with E-state index in [9.17, 15) is 13.6 Å². The summed E-state index contributed by atoms with van der Waals surface area (Å²) >= 11 is 0. The van der Waals surface area contributed by atoms with Crippen LogP contribution in [0.3, 0.4) is 0 Å². The number of carbonyl (C=O) groups excluding carboxylic acids is 1. The van der Waals surface area contributed by atoms with Gasteiger partial charge in [0.1, 0.15) is 18.2 Å². The fourth-order valence-electron chi connectivity index (χ4n) is 4.53. The van der Waals surface area contributed by atoms with Crippen LogP contribution in [0.4, 0.5) is 14.5 Å². The van der Waals surface area contributed by atoms with Crippen molar-refractivity contribution in [1.82, 2.24) is 4.90 Å². The highest BCUT2D eigenvalue weighted by molar-refractivity contribution is 5.97. The summed E-state index contributed by atoms with van der Waals surface area (Å²) in [7, 11) is 1.50. The molecule has 0 radical (unpaired) electrons. The van der Waals surface area contributed by atoms with E-state index < -0.39 is 0 Å². The van der Waals surface area contributed by atoms with Gasteiger partial charge in [0.2, 0.25) is 0 Å². The largest absolute Gasteiger partial charge is 0.375 e. The third-order valence-electron chi connectivity index (χ3n) is 5.96. The van der Waals surface area contributed by atoms with E-state index >= 15 is 0 Å². The van der Waals surface area contributed by atoms with Gasteiger partial charge in [-0.1, -0.05) is 12.1 Å². The first-order valence-corrected chi connectivity index (χ1v) is 9.57. The van der Waals surface area contributed by atoms with Crippen LogP contribution in [0.25, 0.3) is 0 Å². The van der Waals surface area contributed by atoms with Gasteiger partial charge in [0.25, 0.3) is 5.91 Å². The first-order valence-electron chi connectivity index (χ1n) is 9.57. The van der Waals surface area contributed by atoms with Gasteiger partial charge in [0.15, 0.2) is 0 Å². The molecule has 28 heavy (non-hydrogen) atoms. The van der Waals surface area contributed by atoms with Crippen LogP contribution in [0, 0.1) is 11.6 Å². The molecule has 0 N–H and O–H groups in total. The fraction of sp³-hybridized carbons (Fsp3) is 0.409. The monoisotopic (exact) mass is 386 g/mol. The predicted octanol–water partition coefficient (Wildman–Crippen LogP) is 3.49. The summed E-state index contributed by atoms with van der Waals surface area (Å²) in [6.07, 6.45) is 1.66. The summed E-state index contributed by atoms with van der Waals surface area (Å²) in [6.45, 7) is 2.90. The van der Waals surface area contributed by atoms with E-state index in [-0.39, 0.29) is 29.6 Å². The van der Waals surface area contributed by atoms with Gasteiger partial charge in [0.05, 0.1) is 0 Å². The molecule has 2 aliphatic rings. The lowest BCUT2D eigenvalue weighted by Crippen LogP contribution is -2.46. The van der Waals surface area contributed by atoms with Crippen LogP contribution < -0.4 is 4.90 Å². The Labute approximate surface area is 163 Å². The van der Waals surface area contributed by atoms with Crippen molar-refractivity contribution < 1.29 is 18.3 Å². The van der Waals surface area contributed by atoms with E-state index in [1.165, 1.54) is 19.2 Å². The van der Waals surface area contributed by atoms with Crippen LogP contribution in [0.15, 0.2) is 42.5 Å². The average molecular weight is 386 g/mol. The minimum atomic E-state index is -0.277. The molecule has 1 spiro atoms. The number of hydrogen-bond donors (Lipinski definition) is 0. The van der Waals surface area contributed by atoms with Crippen molar-refractivity contribution in [2.45, 2.75) is 24.8 Å². The highest BCUT2D eigenvalue weighted by Gasteiger charge is 2.46. The number of carbonyl (C=O) groups is 1. The predicted molar refractivity (Wildman–Crippen MR) is 103 cm³/mol. The third kappa shape index (κ3) is 3.54. The van der Waals surface area contributed by atoms with Gasteiger partial charge in [-0.25, -0.2) is 8.78 Å². The molecular weight excluding hydrogens is 362 g/mol. The molecule has 2 aliphatic heterocycles. The summed E-state index contributed by atoms with van der Waals surface area (Å²) in [5, 5.41) is 0. The van der Waals surface area contributed by atoms with E-state index in [1.807, 2.05) is 6.07 Å². The van der Waals surface area contributed by atoms with E-state index in [2.05, 4.69) is 4.90 Å². The molecule has 0 saturated carbocycles. The molecule has 148 valence electrons. The Bertz CT molecular complexity index is 879. The average Bonchev–Trinajstić information content (AvgIpc) is 2.98. The Morgan fingerprint density at radius 2 is 1.86 bits per heavy atom. The lowest BCUT2D eigenvalue weighted by atomic mass is 9.74. The number of amides is 1. The molecule has 6 heteroatoms. The number of methoxy groups -OCH3 is 1. The zero-order valence-corrected chi connectivity index (χ0v) is 16.0. The number of hydrogen-bond acceptors (Lipinski definition) is 3. The molecule has 4 rings (SSSR count). The highest BCUT2D eigenvalue weighted by atomic mass is 19.1. The molecule has 4 nitrogen and oxygen atoms in total. The molecule has 1 fully saturated rings. The van der Waals surface area contributed by atoms with E-state index in [0.29, 0.717) is 13.1 Å². The Morgan fingerprint density at radius 3 is 2.57 bits per heavy atom. The van der Waals surface area contributed by atoms with Gasteiger partial charge in [-0.3, -0.25) is 9.69 Å². The van der Waals surface area contributed by atoms with Crippen LogP contribution in [-0.2, 0) is 21.5 Å². The maximum atomic E-state index is 14.0. The molecule has 2 aromatic rings. The lowest BCUT2D eigenvalue weighted by Gasteiger charge is -2.40. The molecule has 2 heterocycles. The van der Waals surface area contributed by atoms with Crippen molar-refractivity contribution in [3.8, 4) is 0 Å². The van der Waals surface area contributed by atoms with Crippen LogP contribution in [0.2, 0.25) is 0 Å². The Morgan fingerprint density at radius 1 is 1.11 bits per heavy atom. The highest BCUT2D eigenvalue weighted by Crippen LogP contribution is 2.47. The van der Waals surface area contributed by atoms with Gasteiger partial charge in [-0.2, -0.15) is 0 Å². The van der Waals surface area contributed by atoms with E-state index in [1.54, 1.807) is 29.2 Å². The Kier molecular flexibility index (Phi) is 5.17. The quantitative estimate of drug-likeness (QED) is 0.807. The van der Waals surface area contributed by atoms with Crippen molar-refractivity contribution in [3.63, 3.8) is 0 Å². The number of nitrogens with zero attached hydrogens (tertiary/aromatic N) is 2. The maximum Gasteiger partial charge on any atom is 0.252 e. The van der Waals surface area contributed by atoms with Crippen molar-refractivity contribution >= 4 is 11.6 Å². The smallest absolute Gasteiger partial charge is 0.252 e.